The van der Waals surface area contributed by atoms with Crippen LogP contribution in [-0.4, -0.2) is 47.4 Å². The molecule has 0 aliphatic rings. The molecule has 8 nitrogen and oxygen atoms in total. The molecular weight excluding hydrogens is 390 g/mol. The largest absolute Gasteiger partial charge is 0.493 e. The van der Waals surface area contributed by atoms with Gasteiger partial charge in [-0.25, -0.2) is 4.79 Å². The summed E-state index contributed by atoms with van der Waals surface area (Å²) in [4.78, 5) is 24.9. The zero-order chi connectivity index (χ0) is 20.8. The summed E-state index contributed by atoms with van der Waals surface area (Å²) in [5.74, 6) is 0.0652. The zero-order valence-electron chi connectivity index (χ0n) is 16.0. The van der Waals surface area contributed by atoms with E-state index in [0.29, 0.717) is 23.0 Å². The summed E-state index contributed by atoms with van der Waals surface area (Å²) in [5, 5.41) is 2.86. The molecule has 28 heavy (non-hydrogen) atoms. The van der Waals surface area contributed by atoms with Crippen LogP contribution in [0.3, 0.4) is 0 Å². The number of anilines is 1. The van der Waals surface area contributed by atoms with Gasteiger partial charge in [0.1, 0.15) is 0 Å². The summed E-state index contributed by atoms with van der Waals surface area (Å²) in [6.07, 6.45) is 0. The van der Waals surface area contributed by atoms with Crippen molar-refractivity contribution >= 4 is 29.2 Å². The van der Waals surface area contributed by atoms with Gasteiger partial charge in [0.2, 0.25) is 0 Å². The van der Waals surface area contributed by atoms with Crippen molar-refractivity contribution < 1.29 is 33.3 Å². The Morgan fingerprint density at radius 2 is 1.43 bits per heavy atom. The van der Waals surface area contributed by atoms with E-state index in [1.807, 2.05) is 0 Å². The first-order chi connectivity index (χ1) is 13.4. The third kappa shape index (κ3) is 4.23. The van der Waals surface area contributed by atoms with Gasteiger partial charge in [0, 0.05) is 17.7 Å². The second-order valence-electron chi connectivity index (χ2n) is 5.39. The maximum absolute atomic E-state index is 12.8. The molecule has 0 atom stereocenters. The summed E-state index contributed by atoms with van der Waals surface area (Å²) in [6, 6.07) is 5.78. The van der Waals surface area contributed by atoms with E-state index >= 15 is 0 Å². The van der Waals surface area contributed by atoms with E-state index in [-0.39, 0.29) is 21.8 Å². The summed E-state index contributed by atoms with van der Waals surface area (Å²) in [6.45, 7) is 0. The second kappa shape index (κ2) is 9.18. The van der Waals surface area contributed by atoms with E-state index in [9.17, 15) is 9.59 Å². The van der Waals surface area contributed by atoms with E-state index in [1.165, 1.54) is 59.8 Å². The van der Waals surface area contributed by atoms with Gasteiger partial charge < -0.3 is 29.0 Å². The number of benzene rings is 2. The molecule has 0 saturated carbocycles. The molecule has 0 aromatic heterocycles. The van der Waals surface area contributed by atoms with Crippen molar-refractivity contribution in [3.8, 4) is 23.0 Å². The first kappa shape index (κ1) is 21.2. The topological polar surface area (TPSA) is 92.3 Å². The number of methoxy groups -OCH3 is 5. The minimum absolute atomic E-state index is 0.0973. The molecule has 0 unspecified atom stereocenters. The number of carbonyl (C=O) groups excluding carboxylic acids is 2. The highest BCUT2D eigenvalue weighted by molar-refractivity contribution is 6.32. The van der Waals surface area contributed by atoms with Crippen molar-refractivity contribution in [3.05, 3.63) is 40.4 Å². The number of rotatable bonds is 7. The fourth-order valence-corrected chi connectivity index (χ4v) is 2.79. The lowest BCUT2D eigenvalue weighted by Gasteiger charge is -2.15. The number of nitrogens with one attached hydrogen (secondary N) is 1. The van der Waals surface area contributed by atoms with E-state index in [0.717, 1.165) is 0 Å². The Balaban J connectivity index is 2.48. The molecule has 2 aromatic carbocycles. The van der Waals surface area contributed by atoms with Crippen LogP contribution < -0.4 is 24.3 Å². The maximum atomic E-state index is 12.8. The molecule has 0 saturated heterocycles. The molecule has 9 heteroatoms. The van der Waals surface area contributed by atoms with E-state index in [4.69, 9.17) is 35.3 Å². The number of halogens is 1. The van der Waals surface area contributed by atoms with Gasteiger partial charge in [0.05, 0.1) is 51.8 Å². The number of amides is 1. The lowest BCUT2D eigenvalue weighted by Crippen LogP contribution is -2.16. The fraction of sp³-hybridized carbons (Fsp3) is 0.263. The number of ether oxygens (including phenoxy) is 5. The van der Waals surface area contributed by atoms with Gasteiger partial charge in [-0.15, -0.1) is 0 Å². The van der Waals surface area contributed by atoms with Crippen LogP contribution in [-0.2, 0) is 4.74 Å². The van der Waals surface area contributed by atoms with Crippen LogP contribution in [0.2, 0.25) is 5.02 Å². The lowest BCUT2D eigenvalue weighted by atomic mass is 10.1. The Morgan fingerprint density at radius 1 is 0.821 bits per heavy atom. The van der Waals surface area contributed by atoms with Crippen LogP contribution in [0.25, 0.3) is 0 Å². The highest BCUT2D eigenvalue weighted by Gasteiger charge is 2.21. The summed E-state index contributed by atoms with van der Waals surface area (Å²) < 4.78 is 25.6. The van der Waals surface area contributed by atoms with Gasteiger partial charge in [-0.2, -0.15) is 0 Å². The van der Waals surface area contributed by atoms with Gasteiger partial charge >= 0.3 is 5.97 Å². The number of hydrogen-bond donors (Lipinski definition) is 1. The summed E-state index contributed by atoms with van der Waals surface area (Å²) >= 11 is 6.16. The molecule has 0 spiro atoms. The van der Waals surface area contributed by atoms with E-state index in [1.54, 1.807) is 0 Å². The van der Waals surface area contributed by atoms with E-state index in [2.05, 4.69) is 5.32 Å². The Hall–Kier alpha value is -3.13. The van der Waals surface area contributed by atoms with Crippen molar-refractivity contribution in [1.82, 2.24) is 0 Å². The smallest absolute Gasteiger partial charge is 0.340 e. The van der Waals surface area contributed by atoms with Gasteiger partial charge in [0.15, 0.2) is 23.0 Å². The van der Waals surface area contributed by atoms with Crippen molar-refractivity contribution in [2.24, 2.45) is 0 Å². The Bertz CT molecular complexity index is 898. The zero-order valence-corrected chi connectivity index (χ0v) is 16.8. The third-order valence-corrected chi connectivity index (χ3v) is 4.15. The predicted octanol–water partition coefficient (Wildman–Crippen LogP) is 3.41. The van der Waals surface area contributed by atoms with Crippen LogP contribution in [0.1, 0.15) is 20.7 Å². The molecule has 2 aromatic rings. The van der Waals surface area contributed by atoms with E-state index < -0.39 is 11.9 Å². The van der Waals surface area contributed by atoms with Crippen molar-refractivity contribution in [2.45, 2.75) is 0 Å². The summed E-state index contributed by atoms with van der Waals surface area (Å²) in [7, 11) is 6.98. The third-order valence-electron chi connectivity index (χ3n) is 3.87. The monoisotopic (exact) mass is 409 g/mol. The number of hydrogen-bond acceptors (Lipinski definition) is 7. The average molecular weight is 410 g/mol. The molecule has 0 heterocycles. The molecule has 150 valence electrons. The van der Waals surface area contributed by atoms with Crippen molar-refractivity contribution in [3.63, 3.8) is 0 Å². The molecule has 1 amide bonds. The van der Waals surface area contributed by atoms with Crippen LogP contribution in [0.5, 0.6) is 23.0 Å². The highest BCUT2D eigenvalue weighted by Crippen LogP contribution is 2.37. The van der Waals surface area contributed by atoms with Gasteiger partial charge in [-0.3, -0.25) is 4.79 Å². The minimum Gasteiger partial charge on any atom is -0.493 e. The minimum atomic E-state index is -0.651. The van der Waals surface area contributed by atoms with Crippen molar-refractivity contribution in [2.75, 3.05) is 40.9 Å². The predicted molar refractivity (Wildman–Crippen MR) is 103 cm³/mol. The molecule has 0 aliphatic carbocycles. The Labute approximate surface area is 167 Å². The molecule has 0 bridgehead atoms. The lowest BCUT2D eigenvalue weighted by molar-refractivity contribution is 0.0601. The Morgan fingerprint density at radius 3 is 1.96 bits per heavy atom. The van der Waals surface area contributed by atoms with Crippen LogP contribution >= 0.6 is 11.6 Å². The van der Waals surface area contributed by atoms with Crippen LogP contribution in [0, 0.1) is 0 Å². The van der Waals surface area contributed by atoms with Crippen LogP contribution in [0.4, 0.5) is 5.69 Å². The molecular formula is C19H20ClNO7. The first-order valence-electron chi connectivity index (χ1n) is 7.97. The van der Waals surface area contributed by atoms with Gasteiger partial charge in [-0.1, -0.05) is 11.6 Å². The number of esters is 1. The standard InChI is InChI=1S/C19H20ClNO7/c1-24-14-8-11(19(23)28-5)13(9-15(14)25-2)21-18(22)10-6-12(20)17(27-4)16(7-10)26-3/h6-9H,1-5H3,(H,21,22). The first-order valence-corrected chi connectivity index (χ1v) is 8.35. The average Bonchev–Trinajstić information content (AvgIpc) is 2.71. The van der Waals surface area contributed by atoms with Gasteiger partial charge in [0.25, 0.3) is 5.91 Å². The van der Waals surface area contributed by atoms with Gasteiger partial charge in [-0.05, 0) is 12.1 Å². The summed E-state index contributed by atoms with van der Waals surface area (Å²) in [5.41, 5.74) is 0.480. The van der Waals surface area contributed by atoms with Crippen molar-refractivity contribution in [1.29, 1.82) is 0 Å². The SMILES string of the molecule is COC(=O)c1cc(OC)c(OC)cc1NC(=O)c1cc(Cl)c(OC)c(OC)c1. The molecule has 1 N–H and O–H groups in total. The molecule has 0 aliphatic heterocycles. The highest BCUT2D eigenvalue weighted by atomic mass is 35.5. The second-order valence-corrected chi connectivity index (χ2v) is 5.80. The number of carbonyl (C=O) groups is 2. The molecule has 2 rings (SSSR count). The fourth-order valence-electron chi connectivity index (χ4n) is 2.50. The molecule has 0 radical (unpaired) electrons. The van der Waals surface area contributed by atoms with Crippen LogP contribution in [0.15, 0.2) is 24.3 Å². The molecule has 0 fully saturated rings. The quantitative estimate of drug-likeness (QED) is 0.700. The Kier molecular flexibility index (Phi) is 6.94. The maximum Gasteiger partial charge on any atom is 0.340 e. The normalized spacial score (nSPS) is 10.1.